The van der Waals surface area contributed by atoms with E-state index in [-0.39, 0.29) is 12.5 Å². The molecule has 2 amide bonds. The van der Waals surface area contributed by atoms with Crippen molar-refractivity contribution in [2.24, 2.45) is 0 Å². The highest BCUT2D eigenvalue weighted by Crippen LogP contribution is 2.33. The number of likely N-dealkylation sites (N-methyl/N-ethyl adjacent to an activating group) is 1. The summed E-state index contributed by atoms with van der Waals surface area (Å²) in [6, 6.07) is 19.9. The molecule has 0 radical (unpaired) electrons. The van der Waals surface area contributed by atoms with E-state index in [9.17, 15) is 14.0 Å². The lowest BCUT2D eigenvalue weighted by Gasteiger charge is -2.19. The Hall–Kier alpha value is -4.46. The second kappa shape index (κ2) is 10.2. The molecule has 0 saturated heterocycles. The second-order valence-corrected chi connectivity index (χ2v) is 7.86. The van der Waals surface area contributed by atoms with Gasteiger partial charge >= 0.3 is 0 Å². The molecule has 7 nitrogen and oxygen atoms in total. The average molecular weight is 474 g/mol. The first-order valence-electron chi connectivity index (χ1n) is 10.8. The van der Waals surface area contributed by atoms with Gasteiger partial charge in [0.2, 0.25) is 5.91 Å². The lowest BCUT2D eigenvalue weighted by atomic mass is 10.0. The number of hydrogen-bond donors (Lipinski definition) is 1. The fourth-order valence-corrected chi connectivity index (χ4v) is 3.72. The fourth-order valence-electron chi connectivity index (χ4n) is 3.72. The van der Waals surface area contributed by atoms with Crippen molar-refractivity contribution >= 4 is 28.4 Å². The second-order valence-electron chi connectivity index (χ2n) is 7.86. The minimum absolute atomic E-state index is 0.182. The summed E-state index contributed by atoms with van der Waals surface area (Å²) in [6.45, 7) is -0.182. The van der Waals surface area contributed by atoms with E-state index < -0.39 is 11.7 Å². The average Bonchev–Trinajstić information content (AvgIpc) is 2.88. The van der Waals surface area contributed by atoms with Gasteiger partial charge in [0.1, 0.15) is 5.82 Å². The molecule has 4 aromatic rings. The van der Waals surface area contributed by atoms with E-state index in [4.69, 9.17) is 14.5 Å². The van der Waals surface area contributed by atoms with Crippen molar-refractivity contribution in [3.63, 3.8) is 0 Å². The lowest BCUT2D eigenvalue weighted by molar-refractivity contribution is -0.116. The van der Waals surface area contributed by atoms with Crippen molar-refractivity contribution in [2.45, 2.75) is 0 Å². The summed E-state index contributed by atoms with van der Waals surface area (Å²) in [4.78, 5) is 32.0. The van der Waals surface area contributed by atoms with Crippen LogP contribution in [0.4, 0.5) is 10.1 Å². The minimum atomic E-state index is -0.398. The van der Waals surface area contributed by atoms with Gasteiger partial charge in [0.25, 0.3) is 5.91 Å². The molecule has 0 aliphatic carbocycles. The van der Waals surface area contributed by atoms with Crippen LogP contribution in [0.15, 0.2) is 72.8 Å². The topological polar surface area (TPSA) is 80.8 Å². The van der Waals surface area contributed by atoms with Gasteiger partial charge in [0.15, 0.2) is 11.5 Å². The summed E-state index contributed by atoms with van der Waals surface area (Å²) >= 11 is 0. The molecule has 0 aliphatic heterocycles. The number of amides is 2. The number of aromatic nitrogens is 1. The highest BCUT2D eigenvalue weighted by Gasteiger charge is 2.20. The molecule has 1 aromatic heterocycles. The Balaban J connectivity index is 1.64. The number of hydrogen-bond acceptors (Lipinski definition) is 5. The predicted molar refractivity (Wildman–Crippen MR) is 132 cm³/mol. The number of carbonyl (C=O) groups excluding carboxylic acids is 2. The van der Waals surface area contributed by atoms with Crippen LogP contribution in [0.25, 0.3) is 22.2 Å². The van der Waals surface area contributed by atoms with Crippen LogP contribution in [0.5, 0.6) is 11.5 Å². The molecule has 1 N–H and O–H groups in total. The number of benzene rings is 3. The minimum Gasteiger partial charge on any atom is -0.493 e. The maximum absolute atomic E-state index is 13.4. The molecule has 0 bridgehead atoms. The predicted octanol–water partition coefficient (Wildman–Crippen LogP) is 4.77. The molecule has 4 rings (SSSR count). The van der Waals surface area contributed by atoms with Crippen LogP contribution in [0.2, 0.25) is 0 Å². The number of nitrogens with zero attached hydrogens (tertiary/aromatic N) is 2. The zero-order chi connectivity index (χ0) is 24.9. The maximum atomic E-state index is 13.4. The van der Waals surface area contributed by atoms with Crippen LogP contribution in [-0.2, 0) is 4.79 Å². The van der Waals surface area contributed by atoms with Crippen molar-refractivity contribution in [2.75, 3.05) is 33.1 Å². The number of anilines is 1. The van der Waals surface area contributed by atoms with Crippen molar-refractivity contribution in [3.8, 4) is 22.8 Å². The third kappa shape index (κ3) is 5.22. The van der Waals surface area contributed by atoms with Crippen molar-refractivity contribution in [1.29, 1.82) is 0 Å². The number of para-hydroxylation sites is 1. The Kier molecular flexibility index (Phi) is 6.91. The summed E-state index contributed by atoms with van der Waals surface area (Å²) < 4.78 is 23.8. The highest BCUT2D eigenvalue weighted by molar-refractivity contribution is 6.08. The van der Waals surface area contributed by atoms with E-state index in [1.807, 2.05) is 30.3 Å². The van der Waals surface area contributed by atoms with Gasteiger partial charge in [0.05, 0.1) is 37.5 Å². The molecule has 3 aromatic carbocycles. The Bertz CT molecular complexity index is 1390. The molecule has 0 atom stereocenters. The number of pyridine rings is 1. The normalized spacial score (nSPS) is 10.6. The standard InChI is InChI=1S/C27H24FN3O4/c1-31(16-26(32)29-19-11-9-18(28)10-12-19)27(33)21-15-23(30-22-7-5-4-6-20(21)22)17-8-13-24(34-2)25(14-17)35-3/h4-15H,16H2,1-3H3,(H,29,32). The van der Waals surface area contributed by atoms with E-state index in [1.54, 1.807) is 39.5 Å². The third-order valence-corrected chi connectivity index (χ3v) is 5.48. The van der Waals surface area contributed by atoms with Crippen LogP contribution >= 0.6 is 0 Å². The van der Waals surface area contributed by atoms with Gasteiger partial charge < -0.3 is 19.7 Å². The number of methoxy groups -OCH3 is 2. The molecule has 0 fully saturated rings. The first-order chi connectivity index (χ1) is 16.9. The monoisotopic (exact) mass is 473 g/mol. The maximum Gasteiger partial charge on any atom is 0.254 e. The summed E-state index contributed by atoms with van der Waals surface area (Å²) in [5.41, 5.74) is 2.84. The number of ether oxygens (including phenoxy) is 2. The van der Waals surface area contributed by atoms with Gasteiger partial charge in [-0.3, -0.25) is 9.59 Å². The van der Waals surface area contributed by atoms with E-state index in [0.717, 1.165) is 5.56 Å². The molecule has 35 heavy (non-hydrogen) atoms. The summed E-state index contributed by atoms with van der Waals surface area (Å²) in [6.07, 6.45) is 0. The number of fused-ring (bicyclic) bond motifs is 1. The lowest BCUT2D eigenvalue weighted by Crippen LogP contribution is -2.35. The number of carbonyl (C=O) groups is 2. The van der Waals surface area contributed by atoms with Crippen LogP contribution in [0.1, 0.15) is 10.4 Å². The van der Waals surface area contributed by atoms with E-state index >= 15 is 0 Å². The quantitative estimate of drug-likeness (QED) is 0.418. The van der Waals surface area contributed by atoms with Gasteiger partial charge in [-0.1, -0.05) is 18.2 Å². The van der Waals surface area contributed by atoms with Crippen LogP contribution < -0.4 is 14.8 Å². The summed E-state index contributed by atoms with van der Waals surface area (Å²) in [5, 5.41) is 3.34. The van der Waals surface area contributed by atoms with Crippen molar-refractivity contribution < 1.29 is 23.5 Å². The molecule has 0 unspecified atom stereocenters. The number of nitrogens with one attached hydrogen (secondary N) is 1. The molecule has 178 valence electrons. The van der Waals surface area contributed by atoms with E-state index in [0.29, 0.717) is 39.3 Å². The third-order valence-electron chi connectivity index (χ3n) is 5.48. The van der Waals surface area contributed by atoms with Crippen LogP contribution in [-0.4, -0.2) is 49.5 Å². The Labute approximate surface area is 202 Å². The fraction of sp³-hybridized carbons (Fsp3) is 0.148. The number of halogens is 1. The number of rotatable bonds is 7. The van der Waals surface area contributed by atoms with Crippen molar-refractivity contribution in [1.82, 2.24) is 9.88 Å². The van der Waals surface area contributed by atoms with E-state index in [1.165, 1.54) is 29.2 Å². The Morgan fingerprint density at radius 3 is 2.37 bits per heavy atom. The van der Waals surface area contributed by atoms with E-state index in [2.05, 4.69) is 5.32 Å². The summed E-state index contributed by atoms with van der Waals surface area (Å²) in [5.74, 6) is -0.00156. The van der Waals surface area contributed by atoms with Gasteiger partial charge in [0, 0.05) is 23.7 Å². The van der Waals surface area contributed by atoms with Gasteiger partial charge in [-0.05, 0) is 54.6 Å². The first-order valence-corrected chi connectivity index (χ1v) is 10.8. The molecule has 8 heteroatoms. The zero-order valence-corrected chi connectivity index (χ0v) is 19.5. The molecular formula is C27H24FN3O4. The Morgan fingerprint density at radius 1 is 0.943 bits per heavy atom. The van der Waals surface area contributed by atoms with Crippen LogP contribution in [0.3, 0.4) is 0 Å². The zero-order valence-electron chi connectivity index (χ0n) is 19.5. The smallest absolute Gasteiger partial charge is 0.254 e. The molecule has 1 heterocycles. The van der Waals surface area contributed by atoms with Crippen molar-refractivity contribution in [3.05, 3.63) is 84.2 Å². The van der Waals surface area contributed by atoms with Crippen LogP contribution in [0, 0.1) is 5.82 Å². The van der Waals surface area contributed by atoms with Gasteiger partial charge in [-0.15, -0.1) is 0 Å². The summed E-state index contributed by atoms with van der Waals surface area (Å²) in [7, 11) is 4.67. The van der Waals surface area contributed by atoms with Gasteiger partial charge in [-0.25, -0.2) is 9.37 Å². The molecule has 0 spiro atoms. The largest absolute Gasteiger partial charge is 0.493 e. The Morgan fingerprint density at radius 2 is 1.66 bits per heavy atom. The highest BCUT2D eigenvalue weighted by atomic mass is 19.1. The molecule has 0 aliphatic rings. The SMILES string of the molecule is COc1ccc(-c2cc(C(=O)N(C)CC(=O)Nc3ccc(F)cc3)c3ccccc3n2)cc1OC. The molecule has 0 saturated carbocycles. The molecular weight excluding hydrogens is 449 g/mol. The van der Waals surface area contributed by atoms with Gasteiger partial charge in [-0.2, -0.15) is 0 Å². The first kappa shape index (κ1) is 23.7.